The number of aromatic amines is 1. The Morgan fingerprint density at radius 1 is 1.53 bits per heavy atom. The van der Waals surface area contributed by atoms with Crippen molar-refractivity contribution >= 4 is 23.4 Å². The van der Waals surface area contributed by atoms with Crippen molar-refractivity contribution in [3.05, 3.63) is 17.3 Å². The van der Waals surface area contributed by atoms with E-state index in [0.29, 0.717) is 10.2 Å². The largest absolute Gasteiger partial charge is 0.394 e. The summed E-state index contributed by atoms with van der Waals surface area (Å²) < 4.78 is 8.09. The molecule has 1 aliphatic rings. The number of aliphatic hydroxyl groups is 1. The van der Waals surface area contributed by atoms with Gasteiger partial charge < -0.3 is 14.8 Å². The summed E-state index contributed by atoms with van der Waals surface area (Å²) >= 11 is 5.10. The fourth-order valence-corrected chi connectivity index (χ4v) is 2.32. The fourth-order valence-electron chi connectivity index (χ4n) is 2.12. The van der Waals surface area contributed by atoms with Gasteiger partial charge in [-0.25, -0.2) is 9.97 Å². The van der Waals surface area contributed by atoms with Crippen molar-refractivity contribution in [1.82, 2.24) is 19.5 Å². The van der Waals surface area contributed by atoms with E-state index in [1.54, 1.807) is 12.7 Å². The minimum absolute atomic E-state index is 0.0562. The second kappa shape index (κ2) is 4.17. The Balaban J connectivity index is 2.02. The maximum Gasteiger partial charge on any atom is 0.157 e. The van der Waals surface area contributed by atoms with Crippen molar-refractivity contribution in [3.63, 3.8) is 0 Å². The van der Waals surface area contributed by atoms with Gasteiger partial charge in [-0.2, -0.15) is 0 Å². The number of aromatic nitrogens is 4. The van der Waals surface area contributed by atoms with Crippen molar-refractivity contribution in [2.24, 2.45) is 0 Å². The van der Waals surface area contributed by atoms with Crippen LogP contribution in [0.2, 0.25) is 0 Å². The molecule has 0 aliphatic carbocycles. The summed E-state index contributed by atoms with van der Waals surface area (Å²) in [5, 5.41) is 9.05. The maximum atomic E-state index is 9.05. The second-order valence-electron chi connectivity index (χ2n) is 4.03. The van der Waals surface area contributed by atoms with Crippen LogP contribution in [-0.2, 0) is 4.74 Å². The predicted molar refractivity (Wildman–Crippen MR) is 62.9 cm³/mol. The van der Waals surface area contributed by atoms with Gasteiger partial charge in [0.1, 0.15) is 17.4 Å². The number of hydrogen-bond donors (Lipinski definition) is 2. The first-order valence-electron chi connectivity index (χ1n) is 5.46. The van der Waals surface area contributed by atoms with Crippen LogP contribution >= 0.6 is 12.2 Å². The fraction of sp³-hybridized carbons (Fsp3) is 0.500. The number of nitrogens with zero attached hydrogens (tertiary/aromatic N) is 3. The average Bonchev–Trinajstić information content (AvgIpc) is 2.94. The highest BCUT2D eigenvalue weighted by atomic mass is 32.1. The van der Waals surface area contributed by atoms with E-state index in [9.17, 15) is 0 Å². The molecule has 1 aliphatic heterocycles. The first-order valence-corrected chi connectivity index (χ1v) is 5.87. The van der Waals surface area contributed by atoms with Crippen molar-refractivity contribution in [2.45, 2.75) is 25.2 Å². The molecule has 3 rings (SSSR count). The number of H-pyrrole nitrogens is 1. The third kappa shape index (κ3) is 1.76. The number of hydrogen-bond acceptors (Lipinski definition) is 5. The monoisotopic (exact) mass is 252 g/mol. The molecular weight excluding hydrogens is 240 g/mol. The maximum absolute atomic E-state index is 9.05. The number of nitrogens with one attached hydrogen (secondary N) is 1. The van der Waals surface area contributed by atoms with E-state index in [1.165, 1.54) is 0 Å². The van der Waals surface area contributed by atoms with Gasteiger partial charge in [0.25, 0.3) is 0 Å². The SMILES string of the molecule is OC[C@@H]1CC[C@H](n2cnc3c(=S)nc[nH]c32)O1. The molecule has 3 heterocycles. The van der Waals surface area contributed by atoms with Crippen LogP contribution < -0.4 is 0 Å². The van der Waals surface area contributed by atoms with Crippen LogP contribution in [0.25, 0.3) is 11.2 Å². The third-order valence-electron chi connectivity index (χ3n) is 2.98. The molecule has 2 atom stereocenters. The number of fused-ring (bicyclic) bond motifs is 1. The van der Waals surface area contributed by atoms with Crippen molar-refractivity contribution in [2.75, 3.05) is 6.61 Å². The molecule has 90 valence electrons. The lowest BCUT2D eigenvalue weighted by molar-refractivity contribution is -0.0207. The molecule has 1 fully saturated rings. The molecule has 0 saturated carbocycles. The van der Waals surface area contributed by atoms with Gasteiger partial charge in [0.15, 0.2) is 4.64 Å². The summed E-state index contributed by atoms with van der Waals surface area (Å²) in [5.74, 6) is 0. The van der Waals surface area contributed by atoms with Crippen LogP contribution in [0.5, 0.6) is 0 Å². The van der Waals surface area contributed by atoms with Gasteiger partial charge in [0.05, 0.1) is 25.4 Å². The third-order valence-corrected chi connectivity index (χ3v) is 3.28. The molecule has 0 bridgehead atoms. The molecule has 0 spiro atoms. The van der Waals surface area contributed by atoms with Crippen LogP contribution in [-0.4, -0.2) is 37.3 Å². The molecule has 0 unspecified atom stereocenters. The molecule has 2 N–H and O–H groups in total. The summed E-state index contributed by atoms with van der Waals surface area (Å²) in [6, 6.07) is 0. The minimum Gasteiger partial charge on any atom is -0.394 e. The standard InChI is InChI=1S/C10H12N4O2S/c15-3-6-1-2-7(16-6)14-5-13-8-9(14)11-4-12-10(8)17/h4-7,15H,1-3H2,(H,11,12,17)/t6-,7+/m0/s1. The quantitative estimate of drug-likeness (QED) is 0.784. The van der Waals surface area contributed by atoms with E-state index in [0.717, 1.165) is 18.5 Å². The predicted octanol–water partition coefficient (Wildman–Crippen LogP) is 1.16. The highest BCUT2D eigenvalue weighted by molar-refractivity contribution is 7.71. The highest BCUT2D eigenvalue weighted by Crippen LogP contribution is 2.29. The molecule has 0 radical (unpaired) electrons. The molecule has 0 amide bonds. The van der Waals surface area contributed by atoms with Crippen LogP contribution in [0.4, 0.5) is 0 Å². The van der Waals surface area contributed by atoms with Crippen LogP contribution in [0.15, 0.2) is 12.7 Å². The summed E-state index contributed by atoms with van der Waals surface area (Å²) in [6.45, 7) is 0.0562. The van der Waals surface area contributed by atoms with Gasteiger partial charge >= 0.3 is 0 Å². The number of aliphatic hydroxyl groups excluding tert-OH is 1. The smallest absolute Gasteiger partial charge is 0.157 e. The Kier molecular flexibility index (Phi) is 2.65. The molecule has 2 aromatic heterocycles. The zero-order valence-corrected chi connectivity index (χ0v) is 9.85. The molecule has 1 saturated heterocycles. The Morgan fingerprint density at radius 2 is 2.41 bits per heavy atom. The van der Waals surface area contributed by atoms with Crippen molar-refractivity contribution in [1.29, 1.82) is 0 Å². The molecule has 7 heteroatoms. The van der Waals surface area contributed by atoms with E-state index in [1.807, 2.05) is 4.57 Å². The topological polar surface area (TPSA) is 76.0 Å². The van der Waals surface area contributed by atoms with Gasteiger partial charge in [0.2, 0.25) is 0 Å². The summed E-state index contributed by atoms with van der Waals surface area (Å²) in [6.07, 6.45) is 4.80. The zero-order chi connectivity index (χ0) is 11.8. The van der Waals surface area contributed by atoms with E-state index >= 15 is 0 Å². The first kappa shape index (κ1) is 10.8. The van der Waals surface area contributed by atoms with E-state index in [4.69, 9.17) is 22.1 Å². The highest BCUT2D eigenvalue weighted by Gasteiger charge is 2.27. The lowest BCUT2D eigenvalue weighted by Gasteiger charge is -2.13. The van der Waals surface area contributed by atoms with Gasteiger partial charge in [-0.05, 0) is 12.8 Å². The molecular formula is C10H12N4O2S. The Morgan fingerprint density at radius 3 is 3.18 bits per heavy atom. The summed E-state index contributed by atoms with van der Waals surface area (Å²) in [7, 11) is 0. The molecule has 6 nitrogen and oxygen atoms in total. The van der Waals surface area contributed by atoms with Crippen molar-refractivity contribution < 1.29 is 9.84 Å². The Labute approximate surface area is 102 Å². The van der Waals surface area contributed by atoms with E-state index in [-0.39, 0.29) is 18.9 Å². The van der Waals surface area contributed by atoms with Crippen LogP contribution in [0.3, 0.4) is 0 Å². The molecule has 0 aromatic carbocycles. The number of ether oxygens (including phenoxy) is 1. The Hall–Kier alpha value is -1.31. The first-order chi connectivity index (χ1) is 8.29. The summed E-state index contributed by atoms with van der Waals surface area (Å²) in [4.78, 5) is 11.2. The number of rotatable bonds is 2. The zero-order valence-electron chi connectivity index (χ0n) is 9.04. The summed E-state index contributed by atoms with van der Waals surface area (Å²) in [5.41, 5.74) is 1.49. The lowest BCUT2D eigenvalue weighted by atomic mass is 10.2. The average molecular weight is 252 g/mol. The van der Waals surface area contributed by atoms with Crippen LogP contribution in [0, 0.1) is 4.64 Å². The Bertz CT molecular complexity index is 593. The van der Waals surface area contributed by atoms with Gasteiger partial charge in [0, 0.05) is 0 Å². The van der Waals surface area contributed by atoms with Gasteiger partial charge in [-0.3, -0.25) is 4.57 Å². The normalized spacial score (nSPS) is 24.5. The minimum atomic E-state index is -0.0924. The van der Waals surface area contributed by atoms with E-state index < -0.39 is 0 Å². The van der Waals surface area contributed by atoms with Crippen LogP contribution in [0.1, 0.15) is 19.1 Å². The molecule has 17 heavy (non-hydrogen) atoms. The van der Waals surface area contributed by atoms with E-state index in [2.05, 4.69) is 15.0 Å². The molecule has 2 aromatic rings. The van der Waals surface area contributed by atoms with Gasteiger partial charge in [-0.15, -0.1) is 0 Å². The number of imidazole rings is 1. The van der Waals surface area contributed by atoms with Crippen molar-refractivity contribution in [3.8, 4) is 0 Å². The second-order valence-corrected chi connectivity index (χ2v) is 4.42. The van der Waals surface area contributed by atoms with Gasteiger partial charge in [-0.1, -0.05) is 12.2 Å². The lowest BCUT2D eigenvalue weighted by Crippen LogP contribution is -2.14.